The second-order valence-electron chi connectivity index (χ2n) is 8.01. The number of aromatic nitrogens is 1. The van der Waals surface area contributed by atoms with Crippen LogP contribution in [0.4, 0.5) is 0 Å². The number of benzene rings is 1. The van der Waals surface area contributed by atoms with E-state index in [-0.39, 0.29) is 29.8 Å². The Kier molecular flexibility index (Phi) is 6.71. The molecule has 1 aromatic carbocycles. The molecule has 30 heavy (non-hydrogen) atoms. The second kappa shape index (κ2) is 9.82. The standard InChI is InChI=1S/C23H29N5O2/c29-22(25-13-9-17-6-2-1-3-7-17)18-10-14-28(15-11-18)23(30)21-16-20(26-27-21)19-8-4-5-12-24-19/h1-8,12,18,20-21,26-27H,9-11,13-16H2,(H,25,29). The lowest BCUT2D eigenvalue weighted by molar-refractivity contribution is -0.137. The van der Waals surface area contributed by atoms with E-state index < -0.39 is 0 Å². The van der Waals surface area contributed by atoms with E-state index in [0.29, 0.717) is 38.9 Å². The van der Waals surface area contributed by atoms with Gasteiger partial charge in [-0.2, -0.15) is 0 Å². The van der Waals surface area contributed by atoms with Gasteiger partial charge in [-0.05, 0) is 43.4 Å². The lowest BCUT2D eigenvalue weighted by atomic mass is 9.95. The van der Waals surface area contributed by atoms with E-state index in [1.807, 2.05) is 41.3 Å². The van der Waals surface area contributed by atoms with Crippen LogP contribution in [0.15, 0.2) is 54.7 Å². The summed E-state index contributed by atoms with van der Waals surface area (Å²) in [5, 5.41) is 3.05. The molecule has 0 aliphatic carbocycles. The van der Waals surface area contributed by atoms with Gasteiger partial charge >= 0.3 is 0 Å². The van der Waals surface area contributed by atoms with E-state index in [1.54, 1.807) is 6.20 Å². The van der Waals surface area contributed by atoms with Crippen molar-refractivity contribution in [3.05, 3.63) is 66.0 Å². The van der Waals surface area contributed by atoms with Crippen molar-refractivity contribution < 1.29 is 9.59 Å². The Labute approximate surface area is 177 Å². The zero-order valence-corrected chi connectivity index (χ0v) is 17.1. The van der Waals surface area contributed by atoms with Gasteiger partial charge in [0, 0.05) is 31.7 Å². The highest BCUT2D eigenvalue weighted by Crippen LogP contribution is 2.23. The molecule has 2 aromatic rings. The molecular weight excluding hydrogens is 378 g/mol. The van der Waals surface area contributed by atoms with Crippen LogP contribution in [0.3, 0.4) is 0 Å². The smallest absolute Gasteiger partial charge is 0.241 e. The number of rotatable bonds is 6. The highest BCUT2D eigenvalue weighted by Gasteiger charge is 2.35. The first-order valence-electron chi connectivity index (χ1n) is 10.7. The van der Waals surface area contributed by atoms with Crippen molar-refractivity contribution in [3.8, 4) is 0 Å². The van der Waals surface area contributed by atoms with Crippen LogP contribution in [-0.2, 0) is 16.0 Å². The summed E-state index contributed by atoms with van der Waals surface area (Å²) in [6, 6.07) is 15.7. The molecule has 2 amide bonds. The van der Waals surface area contributed by atoms with Crippen molar-refractivity contribution in [2.75, 3.05) is 19.6 Å². The maximum atomic E-state index is 12.9. The van der Waals surface area contributed by atoms with Gasteiger partial charge < -0.3 is 10.2 Å². The number of amides is 2. The van der Waals surface area contributed by atoms with Gasteiger partial charge in [0.25, 0.3) is 0 Å². The third-order valence-electron chi connectivity index (χ3n) is 5.98. The van der Waals surface area contributed by atoms with Crippen LogP contribution in [-0.4, -0.2) is 47.4 Å². The molecule has 2 unspecified atom stereocenters. The molecule has 7 nitrogen and oxygen atoms in total. The van der Waals surface area contributed by atoms with Gasteiger partial charge in [-0.3, -0.25) is 14.6 Å². The first-order chi connectivity index (χ1) is 14.7. The fraction of sp³-hybridized carbons (Fsp3) is 0.435. The van der Waals surface area contributed by atoms with Crippen molar-refractivity contribution >= 4 is 11.8 Å². The summed E-state index contributed by atoms with van der Waals surface area (Å²) in [4.78, 5) is 31.6. The number of carbonyl (C=O) groups excluding carboxylic acids is 2. The minimum Gasteiger partial charge on any atom is -0.356 e. The molecule has 0 radical (unpaired) electrons. The molecule has 0 spiro atoms. The van der Waals surface area contributed by atoms with Crippen molar-refractivity contribution in [2.24, 2.45) is 5.92 Å². The van der Waals surface area contributed by atoms with Gasteiger partial charge in [-0.1, -0.05) is 36.4 Å². The Balaban J connectivity index is 1.19. The Morgan fingerprint density at radius 3 is 2.53 bits per heavy atom. The van der Waals surface area contributed by atoms with Gasteiger partial charge in [0.2, 0.25) is 11.8 Å². The maximum Gasteiger partial charge on any atom is 0.241 e. The summed E-state index contributed by atoms with van der Waals surface area (Å²) in [5.41, 5.74) is 8.46. The Hall–Kier alpha value is -2.77. The Morgan fingerprint density at radius 1 is 1.03 bits per heavy atom. The van der Waals surface area contributed by atoms with Crippen molar-refractivity contribution in [2.45, 2.75) is 37.8 Å². The number of piperidine rings is 1. The van der Waals surface area contributed by atoms with Crippen LogP contribution in [0.5, 0.6) is 0 Å². The number of hydrogen-bond acceptors (Lipinski definition) is 5. The largest absolute Gasteiger partial charge is 0.356 e. The first kappa shape index (κ1) is 20.5. The van der Waals surface area contributed by atoms with E-state index in [9.17, 15) is 9.59 Å². The van der Waals surface area contributed by atoms with E-state index in [2.05, 4.69) is 33.3 Å². The summed E-state index contributed by atoms with van der Waals surface area (Å²) in [5.74, 6) is 0.193. The number of carbonyl (C=O) groups is 2. The first-order valence-corrected chi connectivity index (χ1v) is 10.7. The van der Waals surface area contributed by atoms with Gasteiger partial charge in [0.1, 0.15) is 6.04 Å². The van der Waals surface area contributed by atoms with Crippen LogP contribution in [0.2, 0.25) is 0 Å². The molecule has 3 N–H and O–H groups in total. The molecule has 2 saturated heterocycles. The minimum absolute atomic E-state index is 0.0132. The molecule has 2 aliphatic rings. The summed E-state index contributed by atoms with van der Waals surface area (Å²) < 4.78 is 0. The summed E-state index contributed by atoms with van der Waals surface area (Å²) in [7, 11) is 0. The van der Waals surface area contributed by atoms with Crippen molar-refractivity contribution in [1.82, 2.24) is 26.1 Å². The molecule has 2 atom stereocenters. The molecule has 2 aliphatic heterocycles. The van der Waals surface area contributed by atoms with E-state index in [0.717, 1.165) is 12.1 Å². The van der Waals surface area contributed by atoms with Crippen LogP contribution in [0.25, 0.3) is 0 Å². The normalized spacial score (nSPS) is 22.1. The molecule has 7 heteroatoms. The topological polar surface area (TPSA) is 86.4 Å². The summed E-state index contributed by atoms with van der Waals surface area (Å²) >= 11 is 0. The maximum absolute atomic E-state index is 12.9. The van der Waals surface area contributed by atoms with Gasteiger partial charge in [-0.25, -0.2) is 10.9 Å². The summed E-state index contributed by atoms with van der Waals surface area (Å²) in [6.45, 7) is 1.90. The van der Waals surface area contributed by atoms with Crippen molar-refractivity contribution in [1.29, 1.82) is 0 Å². The number of likely N-dealkylation sites (tertiary alicyclic amines) is 1. The molecule has 1 aromatic heterocycles. The molecule has 158 valence electrons. The quantitative estimate of drug-likeness (QED) is 0.677. The predicted molar refractivity (Wildman–Crippen MR) is 114 cm³/mol. The zero-order chi connectivity index (χ0) is 20.8. The number of nitrogens with one attached hydrogen (secondary N) is 3. The highest BCUT2D eigenvalue weighted by molar-refractivity contribution is 5.83. The SMILES string of the molecule is O=C(NCCc1ccccc1)C1CCN(C(=O)C2CC(c3ccccn3)NN2)CC1. The molecule has 0 saturated carbocycles. The second-order valence-corrected chi connectivity index (χ2v) is 8.01. The van der Waals surface area contributed by atoms with E-state index in [1.165, 1.54) is 5.56 Å². The molecule has 4 rings (SSSR count). The molecular formula is C23H29N5O2. The van der Waals surface area contributed by atoms with Gasteiger partial charge in [0.15, 0.2) is 0 Å². The highest BCUT2D eigenvalue weighted by atomic mass is 16.2. The van der Waals surface area contributed by atoms with E-state index >= 15 is 0 Å². The minimum atomic E-state index is -0.256. The average molecular weight is 408 g/mol. The lowest BCUT2D eigenvalue weighted by Gasteiger charge is -2.32. The van der Waals surface area contributed by atoms with Crippen LogP contribution < -0.4 is 16.2 Å². The van der Waals surface area contributed by atoms with Crippen LogP contribution in [0.1, 0.15) is 36.6 Å². The van der Waals surface area contributed by atoms with E-state index in [4.69, 9.17) is 0 Å². The average Bonchev–Trinajstić information content (AvgIpc) is 3.30. The molecule has 0 bridgehead atoms. The van der Waals surface area contributed by atoms with Crippen molar-refractivity contribution in [3.63, 3.8) is 0 Å². The number of pyridine rings is 1. The molecule has 3 heterocycles. The third-order valence-corrected chi connectivity index (χ3v) is 5.98. The summed E-state index contributed by atoms with van der Waals surface area (Å²) in [6.07, 6.45) is 4.71. The number of hydrogen-bond donors (Lipinski definition) is 3. The Morgan fingerprint density at radius 2 is 1.80 bits per heavy atom. The number of hydrazine groups is 1. The monoisotopic (exact) mass is 407 g/mol. The fourth-order valence-electron chi connectivity index (χ4n) is 4.20. The van der Waals surface area contributed by atoms with Gasteiger partial charge in [-0.15, -0.1) is 0 Å². The zero-order valence-electron chi connectivity index (χ0n) is 17.1. The molecule has 2 fully saturated rings. The predicted octanol–water partition coefficient (Wildman–Crippen LogP) is 1.59. The third kappa shape index (κ3) is 5.04. The van der Waals surface area contributed by atoms with Crippen LogP contribution >= 0.6 is 0 Å². The fourth-order valence-corrected chi connectivity index (χ4v) is 4.20. The lowest BCUT2D eigenvalue weighted by Crippen LogP contribution is -2.49. The van der Waals surface area contributed by atoms with Crippen LogP contribution in [0, 0.1) is 5.92 Å². The Bertz CT molecular complexity index is 837. The van der Waals surface area contributed by atoms with Gasteiger partial charge in [0.05, 0.1) is 11.7 Å². The number of nitrogens with zero attached hydrogens (tertiary/aromatic N) is 2.